The Kier molecular flexibility index (Phi) is 8.50. The molecule has 0 saturated heterocycles. The second-order valence-electron chi connectivity index (χ2n) is 4.66. The van der Waals surface area contributed by atoms with E-state index in [1.807, 2.05) is 37.3 Å². The zero-order valence-corrected chi connectivity index (χ0v) is 14.9. The maximum atomic E-state index is 12.9. The summed E-state index contributed by atoms with van der Waals surface area (Å²) in [5.41, 5.74) is 2.18. The summed E-state index contributed by atoms with van der Waals surface area (Å²) < 4.78 is 12.9. The Morgan fingerprint density at radius 3 is 2.27 bits per heavy atom. The van der Waals surface area contributed by atoms with Crippen molar-refractivity contribution >= 4 is 29.9 Å². The first-order valence-corrected chi connectivity index (χ1v) is 7.08. The highest BCUT2D eigenvalue weighted by molar-refractivity contribution is 14.0. The average molecular weight is 413 g/mol. The van der Waals surface area contributed by atoms with E-state index in [0.29, 0.717) is 13.1 Å². The van der Waals surface area contributed by atoms with Crippen LogP contribution in [0.3, 0.4) is 0 Å². The number of halogens is 2. The molecule has 2 aromatic carbocycles. The van der Waals surface area contributed by atoms with Gasteiger partial charge in [0.1, 0.15) is 5.82 Å². The molecule has 118 valence electrons. The molecule has 0 aromatic heterocycles. The van der Waals surface area contributed by atoms with Crippen molar-refractivity contribution in [3.63, 3.8) is 0 Å². The summed E-state index contributed by atoms with van der Waals surface area (Å²) in [5.74, 6) is 0.536. The van der Waals surface area contributed by atoms with E-state index in [-0.39, 0.29) is 29.8 Å². The zero-order chi connectivity index (χ0) is 14.9. The van der Waals surface area contributed by atoms with Crippen LogP contribution in [0, 0.1) is 5.82 Å². The topological polar surface area (TPSA) is 36.4 Å². The highest BCUT2D eigenvalue weighted by atomic mass is 127. The lowest BCUT2D eigenvalue weighted by atomic mass is 10.2. The minimum absolute atomic E-state index is 0. The molecule has 0 aliphatic carbocycles. The standard InChI is InChI=1S/C17H20FN3.HI/c1-2-19-17(20-12-14-6-4-3-5-7-14)21-13-15-8-10-16(18)11-9-15;/h3-11H,2,12-13H2,1H3,(H2,19,20,21);1H. The van der Waals surface area contributed by atoms with Gasteiger partial charge in [-0.05, 0) is 30.2 Å². The summed E-state index contributed by atoms with van der Waals surface area (Å²) in [4.78, 5) is 4.54. The number of guanidine groups is 1. The number of nitrogens with one attached hydrogen (secondary N) is 2. The number of nitrogens with zero attached hydrogens (tertiary/aromatic N) is 1. The minimum atomic E-state index is -0.219. The predicted molar refractivity (Wildman–Crippen MR) is 99.9 cm³/mol. The van der Waals surface area contributed by atoms with Gasteiger partial charge >= 0.3 is 0 Å². The van der Waals surface area contributed by atoms with Crippen molar-refractivity contribution in [2.75, 3.05) is 6.54 Å². The zero-order valence-electron chi connectivity index (χ0n) is 12.6. The van der Waals surface area contributed by atoms with E-state index in [9.17, 15) is 4.39 Å². The molecule has 3 nitrogen and oxygen atoms in total. The van der Waals surface area contributed by atoms with Gasteiger partial charge in [0, 0.05) is 13.1 Å². The lowest BCUT2D eigenvalue weighted by molar-refractivity contribution is 0.626. The van der Waals surface area contributed by atoms with E-state index in [0.717, 1.165) is 23.6 Å². The third-order valence-corrected chi connectivity index (χ3v) is 2.98. The average Bonchev–Trinajstić information content (AvgIpc) is 2.52. The molecule has 0 spiro atoms. The molecular weight excluding hydrogens is 392 g/mol. The Labute approximate surface area is 148 Å². The maximum absolute atomic E-state index is 12.9. The van der Waals surface area contributed by atoms with E-state index in [2.05, 4.69) is 15.6 Å². The molecule has 0 aliphatic heterocycles. The molecule has 5 heteroatoms. The smallest absolute Gasteiger partial charge is 0.191 e. The molecular formula is C17H21FIN3. The van der Waals surface area contributed by atoms with Gasteiger partial charge in [0.05, 0.1) is 6.54 Å². The molecule has 0 saturated carbocycles. The van der Waals surface area contributed by atoms with Crippen LogP contribution in [0.5, 0.6) is 0 Å². The summed E-state index contributed by atoms with van der Waals surface area (Å²) in [5, 5.41) is 6.44. The van der Waals surface area contributed by atoms with E-state index in [4.69, 9.17) is 0 Å². The van der Waals surface area contributed by atoms with E-state index in [1.165, 1.54) is 12.1 Å². The van der Waals surface area contributed by atoms with Crippen LogP contribution >= 0.6 is 24.0 Å². The second kappa shape index (κ2) is 10.2. The predicted octanol–water partition coefficient (Wildman–Crippen LogP) is 3.70. The summed E-state index contributed by atoms with van der Waals surface area (Å²) in [6.07, 6.45) is 0. The molecule has 0 heterocycles. The molecule has 0 atom stereocenters. The van der Waals surface area contributed by atoms with Crippen molar-refractivity contribution in [1.82, 2.24) is 10.6 Å². The molecule has 2 N–H and O–H groups in total. The van der Waals surface area contributed by atoms with Crippen LogP contribution in [0.15, 0.2) is 59.6 Å². The van der Waals surface area contributed by atoms with Gasteiger partial charge in [-0.3, -0.25) is 0 Å². The van der Waals surface area contributed by atoms with E-state index in [1.54, 1.807) is 12.1 Å². The summed E-state index contributed by atoms with van der Waals surface area (Å²) in [6.45, 7) is 4.06. The molecule has 0 aliphatic rings. The minimum Gasteiger partial charge on any atom is -0.357 e. The first kappa shape index (κ1) is 18.4. The second-order valence-corrected chi connectivity index (χ2v) is 4.66. The normalized spacial score (nSPS) is 10.7. The number of hydrogen-bond acceptors (Lipinski definition) is 1. The molecule has 22 heavy (non-hydrogen) atoms. The Morgan fingerprint density at radius 2 is 1.64 bits per heavy atom. The summed E-state index contributed by atoms with van der Waals surface area (Å²) in [7, 11) is 0. The van der Waals surface area contributed by atoms with Crippen LogP contribution < -0.4 is 10.6 Å². The molecule has 0 fully saturated rings. The molecule has 0 radical (unpaired) electrons. The van der Waals surface area contributed by atoms with Gasteiger partial charge in [0.15, 0.2) is 5.96 Å². The summed E-state index contributed by atoms with van der Waals surface area (Å²) >= 11 is 0. The highest BCUT2D eigenvalue weighted by Crippen LogP contribution is 2.03. The SMILES string of the molecule is CCNC(=NCc1ccccc1)NCc1ccc(F)cc1.I. The quantitative estimate of drug-likeness (QED) is 0.446. The van der Waals surface area contributed by atoms with Gasteiger partial charge in [0.2, 0.25) is 0 Å². The molecule has 0 bridgehead atoms. The van der Waals surface area contributed by atoms with Gasteiger partial charge in [-0.25, -0.2) is 9.38 Å². The highest BCUT2D eigenvalue weighted by Gasteiger charge is 1.99. The maximum Gasteiger partial charge on any atom is 0.191 e. The monoisotopic (exact) mass is 413 g/mol. The lowest BCUT2D eigenvalue weighted by Crippen LogP contribution is -2.36. The third kappa shape index (κ3) is 6.43. The largest absolute Gasteiger partial charge is 0.357 e. The van der Waals surface area contributed by atoms with Gasteiger partial charge in [-0.2, -0.15) is 0 Å². The Hall–Kier alpha value is -1.63. The van der Waals surface area contributed by atoms with Crippen molar-refractivity contribution in [2.24, 2.45) is 4.99 Å². The fraction of sp³-hybridized carbons (Fsp3) is 0.235. The van der Waals surface area contributed by atoms with Gasteiger partial charge < -0.3 is 10.6 Å². The number of hydrogen-bond donors (Lipinski definition) is 2. The first-order chi connectivity index (χ1) is 10.3. The van der Waals surface area contributed by atoms with Crippen molar-refractivity contribution in [1.29, 1.82) is 0 Å². The lowest BCUT2D eigenvalue weighted by Gasteiger charge is -2.11. The van der Waals surface area contributed by atoms with Crippen molar-refractivity contribution in [3.05, 3.63) is 71.5 Å². The Balaban J connectivity index is 0.00000242. The van der Waals surface area contributed by atoms with Crippen LogP contribution in [-0.4, -0.2) is 12.5 Å². The fourth-order valence-electron chi connectivity index (χ4n) is 1.88. The van der Waals surface area contributed by atoms with Crippen LogP contribution in [0.4, 0.5) is 4.39 Å². The molecule has 2 aromatic rings. The van der Waals surface area contributed by atoms with Crippen molar-refractivity contribution in [2.45, 2.75) is 20.0 Å². The number of rotatable bonds is 5. The molecule has 0 unspecified atom stereocenters. The van der Waals surface area contributed by atoms with Crippen LogP contribution in [0.25, 0.3) is 0 Å². The molecule has 0 amide bonds. The summed E-state index contributed by atoms with van der Waals surface area (Å²) in [6, 6.07) is 16.6. The van der Waals surface area contributed by atoms with Gasteiger partial charge in [-0.15, -0.1) is 24.0 Å². The fourth-order valence-corrected chi connectivity index (χ4v) is 1.88. The Morgan fingerprint density at radius 1 is 0.955 bits per heavy atom. The van der Waals surface area contributed by atoms with Crippen LogP contribution in [-0.2, 0) is 13.1 Å². The Bertz CT molecular complexity index is 570. The van der Waals surface area contributed by atoms with Gasteiger partial charge in [0.25, 0.3) is 0 Å². The van der Waals surface area contributed by atoms with Crippen LogP contribution in [0.2, 0.25) is 0 Å². The van der Waals surface area contributed by atoms with Crippen molar-refractivity contribution < 1.29 is 4.39 Å². The van der Waals surface area contributed by atoms with Crippen LogP contribution in [0.1, 0.15) is 18.1 Å². The number of benzene rings is 2. The van der Waals surface area contributed by atoms with E-state index >= 15 is 0 Å². The molecule has 2 rings (SSSR count). The number of aliphatic imine (C=N–C) groups is 1. The van der Waals surface area contributed by atoms with Crippen molar-refractivity contribution in [3.8, 4) is 0 Å². The van der Waals surface area contributed by atoms with Gasteiger partial charge in [-0.1, -0.05) is 42.5 Å². The first-order valence-electron chi connectivity index (χ1n) is 7.08. The third-order valence-electron chi connectivity index (χ3n) is 2.98. The van der Waals surface area contributed by atoms with E-state index < -0.39 is 0 Å².